The van der Waals surface area contributed by atoms with E-state index >= 15 is 0 Å². The zero-order valence-corrected chi connectivity index (χ0v) is 10.1. The Kier molecular flexibility index (Phi) is 3.07. The van der Waals surface area contributed by atoms with Crippen LogP contribution in [0.25, 0.3) is 0 Å². The molecule has 0 bridgehead atoms. The first-order valence-corrected chi connectivity index (χ1v) is 5.69. The summed E-state index contributed by atoms with van der Waals surface area (Å²) in [6, 6.07) is 0. The molecule has 0 aromatic carbocycles. The van der Waals surface area contributed by atoms with E-state index in [2.05, 4.69) is 20.3 Å². The van der Waals surface area contributed by atoms with Gasteiger partial charge in [-0.15, -0.1) is 11.3 Å². The molecule has 0 saturated carbocycles. The first-order chi connectivity index (χ1) is 7.66. The Labute approximate surface area is 102 Å². The normalized spacial score (nSPS) is 10.1. The molecule has 16 heavy (non-hydrogen) atoms. The Balaban J connectivity index is 2.31. The van der Waals surface area contributed by atoms with Crippen LogP contribution < -0.4 is 11.1 Å². The van der Waals surface area contributed by atoms with Crippen molar-refractivity contribution in [1.82, 2.24) is 15.0 Å². The molecule has 2 aromatic heterocycles. The summed E-state index contributed by atoms with van der Waals surface area (Å²) in [5, 5.41) is 3.79. The van der Waals surface area contributed by atoms with E-state index in [1.165, 1.54) is 11.3 Å². The number of aryl methyl sites for hydroxylation is 1. The summed E-state index contributed by atoms with van der Waals surface area (Å²) in [6.45, 7) is 1.98. The summed E-state index contributed by atoms with van der Waals surface area (Å²) < 4.78 is 0. The SMILES string of the molecule is Cc1cnc(Nc2nccnc2C(N)=S)s1. The lowest BCUT2D eigenvalue weighted by Crippen LogP contribution is -2.14. The molecule has 0 saturated heterocycles. The van der Waals surface area contributed by atoms with Gasteiger partial charge in [-0.1, -0.05) is 12.2 Å². The average Bonchev–Trinajstić information content (AvgIpc) is 2.64. The van der Waals surface area contributed by atoms with Crippen LogP contribution in [0.1, 0.15) is 10.6 Å². The predicted octanol–water partition coefficient (Wildman–Crippen LogP) is 1.62. The molecule has 0 unspecified atom stereocenters. The number of nitrogens with one attached hydrogen (secondary N) is 1. The van der Waals surface area contributed by atoms with Gasteiger partial charge in [-0.25, -0.2) is 15.0 Å². The molecule has 7 heteroatoms. The smallest absolute Gasteiger partial charge is 0.188 e. The van der Waals surface area contributed by atoms with E-state index in [-0.39, 0.29) is 4.99 Å². The maximum absolute atomic E-state index is 5.55. The third-order valence-electron chi connectivity index (χ3n) is 1.78. The summed E-state index contributed by atoms with van der Waals surface area (Å²) in [4.78, 5) is 13.7. The quantitative estimate of drug-likeness (QED) is 0.807. The van der Waals surface area contributed by atoms with Crippen molar-refractivity contribution in [2.75, 3.05) is 5.32 Å². The fourth-order valence-electron chi connectivity index (χ4n) is 1.12. The van der Waals surface area contributed by atoms with Crippen LogP contribution in [0.15, 0.2) is 18.6 Å². The van der Waals surface area contributed by atoms with Crippen LogP contribution in [0.4, 0.5) is 10.9 Å². The molecule has 0 fully saturated rings. The number of nitrogens with two attached hydrogens (primary N) is 1. The number of nitrogens with zero attached hydrogens (tertiary/aromatic N) is 3. The number of anilines is 2. The molecule has 0 atom stereocenters. The summed E-state index contributed by atoms with van der Waals surface area (Å²) in [7, 11) is 0. The summed E-state index contributed by atoms with van der Waals surface area (Å²) >= 11 is 6.42. The minimum absolute atomic E-state index is 0.212. The van der Waals surface area contributed by atoms with Crippen LogP contribution in [0.5, 0.6) is 0 Å². The predicted molar refractivity (Wildman–Crippen MR) is 68.1 cm³/mol. The van der Waals surface area contributed by atoms with Gasteiger partial charge in [-0.3, -0.25) is 0 Å². The number of thiazole rings is 1. The monoisotopic (exact) mass is 251 g/mol. The van der Waals surface area contributed by atoms with E-state index in [0.717, 1.165) is 10.0 Å². The van der Waals surface area contributed by atoms with Crippen LogP contribution >= 0.6 is 23.6 Å². The van der Waals surface area contributed by atoms with Crippen LogP contribution in [0.2, 0.25) is 0 Å². The van der Waals surface area contributed by atoms with Crippen molar-refractivity contribution in [3.05, 3.63) is 29.2 Å². The molecule has 2 rings (SSSR count). The molecule has 0 spiro atoms. The average molecular weight is 251 g/mol. The Morgan fingerprint density at radius 2 is 2.12 bits per heavy atom. The van der Waals surface area contributed by atoms with Crippen LogP contribution in [-0.4, -0.2) is 19.9 Å². The van der Waals surface area contributed by atoms with Crippen molar-refractivity contribution >= 4 is 39.5 Å². The van der Waals surface area contributed by atoms with Crippen LogP contribution in [0.3, 0.4) is 0 Å². The van der Waals surface area contributed by atoms with Gasteiger partial charge < -0.3 is 11.1 Å². The molecule has 0 radical (unpaired) electrons. The Bertz CT molecular complexity index is 522. The highest BCUT2D eigenvalue weighted by molar-refractivity contribution is 7.80. The summed E-state index contributed by atoms with van der Waals surface area (Å²) in [5.74, 6) is 0.532. The lowest BCUT2D eigenvalue weighted by molar-refractivity contribution is 1.17. The number of aromatic nitrogens is 3. The minimum Gasteiger partial charge on any atom is -0.388 e. The van der Waals surface area contributed by atoms with Gasteiger partial charge in [0.05, 0.1) is 0 Å². The van der Waals surface area contributed by atoms with E-state index in [1.807, 2.05) is 6.92 Å². The van der Waals surface area contributed by atoms with Crippen LogP contribution in [-0.2, 0) is 0 Å². The molecular weight excluding hydrogens is 242 g/mol. The third-order valence-corrected chi connectivity index (χ3v) is 2.80. The minimum atomic E-state index is 0.212. The molecular formula is C9H9N5S2. The second-order valence-corrected chi connectivity index (χ2v) is 4.69. The zero-order chi connectivity index (χ0) is 11.5. The van der Waals surface area contributed by atoms with E-state index in [4.69, 9.17) is 18.0 Å². The Morgan fingerprint density at radius 1 is 1.38 bits per heavy atom. The molecule has 2 heterocycles. The fraction of sp³-hybridized carbons (Fsp3) is 0.111. The number of thiocarbonyl (C=S) groups is 1. The molecule has 2 aromatic rings. The van der Waals surface area contributed by atoms with Crippen molar-refractivity contribution in [2.24, 2.45) is 5.73 Å². The van der Waals surface area contributed by atoms with Gasteiger partial charge in [-0.05, 0) is 6.92 Å². The fourth-order valence-corrected chi connectivity index (χ4v) is 1.94. The van der Waals surface area contributed by atoms with Crippen LogP contribution in [0, 0.1) is 6.92 Å². The maximum Gasteiger partial charge on any atom is 0.188 e. The van der Waals surface area contributed by atoms with Crippen molar-refractivity contribution in [3.8, 4) is 0 Å². The molecule has 0 aliphatic rings. The second-order valence-electron chi connectivity index (χ2n) is 3.02. The van der Waals surface area contributed by atoms with Gasteiger partial charge in [0.1, 0.15) is 10.7 Å². The highest BCUT2D eigenvalue weighted by Gasteiger charge is 2.09. The first-order valence-electron chi connectivity index (χ1n) is 4.47. The zero-order valence-electron chi connectivity index (χ0n) is 8.47. The molecule has 82 valence electrons. The van der Waals surface area contributed by atoms with E-state index in [0.29, 0.717) is 11.5 Å². The van der Waals surface area contributed by atoms with Crippen molar-refractivity contribution in [3.63, 3.8) is 0 Å². The third kappa shape index (κ3) is 2.31. The van der Waals surface area contributed by atoms with Crippen molar-refractivity contribution < 1.29 is 0 Å². The Hall–Kier alpha value is -1.60. The lowest BCUT2D eigenvalue weighted by Gasteiger charge is -2.05. The lowest BCUT2D eigenvalue weighted by atomic mass is 10.4. The molecule has 5 nitrogen and oxygen atoms in total. The second kappa shape index (κ2) is 4.50. The highest BCUT2D eigenvalue weighted by atomic mass is 32.1. The largest absolute Gasteiger partial charge is 0.388 e. The van der Waals surface area contributed by atoms with Gasteiger partial charge in [0.25, 0.3) is 0 Å². The van der Waals surface area contributed by atoms with Crippen molar-refractivity contribution in [1.29, 1.82) is 0 Å². The molecule has 3 N–H and O–H groups in total. The summed E-state index contributed by atoms with van der Waals surface area (Å²) in [6.07, 6.45) is 4.90. The van der Waals surface area contributed by atoms with Crippen molar-refractivity contribution in [2.45, 2.75) is 6.92 Å². The number of hydrogen-bond donors (Lipinski definition) is 2. The van der Waals surface area contributed by atoms with E-state index < -0.39 is 0 Å². The van der Waals surface area contributed by atoms with E-state index in [1.54, 1.807) is 18.6 Å². The van der Waals surface area contributed by atoms with E-state index in [9.17, 15) is 0 Å². The van der Waals surface area contributed by atoms with Gasteiger partial charge in [-0.2, -0.15) is 0 Å². The molecule has 0 amide bonds. The standard InChI is InChI=1S/C9H9N5S2/c1-5-4-13-9(16-5)14-8-6(7(10)15)11-2-3-12-8/h2-4H,1H3,(H2,10,15)(H,12,13,14). The van der Waals surface area contributed by atoms with Gasteiger partial charge in [0.15, 0.2) is 10.9 Å². The topological polar surface area (TPSA) is 76.7 Å². The van der Waals surface area contributed by atoms with Gasteiger partial charge in [0.2, 0.25) is 0 Å². The highest BCUT2D eigenvalue weighted by Crippen LogP contribution is 2.21. The van der Waals surface area contributed by atoms with Gasteiger partial charge in [0, 0.05) is 23.5 Å². The summed E-state index contributed by atoms with van der Waals surface area (Å²) in [5.41, 5.74) is 6.02. The first kappa shape index (κ1) is 10.9. The Morgan fingerprint density at radius 3 is 2.75 bits per heavy atom. The molecule has 0 aliphatic heterocycles. The van der Waals surface area contributed by atoms with Gasteiger partial charge >= 0.3 is 0 Å². The maximum atomic E-state index is 5.55. The molecule has 0 aliphatic carbocycles. The number of rotatable bonds is 3. The number of hydrogen-bond acceptors (Lipinski definition) is 6.